The van der Waals surface area contributed by atoms with Gasteiger partial charge in [0.25, 0.3) is 0 Å². The predicted octanol–water partition coefficient (Wildman–Crippen LogP) is 4.87. The highest BCUT2D eigenvalue weighted by Gasteiger charge is 2.26. The van der Waals surface area contributed by atoms with Crippen LogP contribution in [0.5, 0.6) is 0 Å². The summed E-state index contributed by atoms with van der Waals surface area (Å²) < 4.78 is 0. The minimum atomic E-state index is -0.921. The molecule has 0 unspecified atom stereocenters. The number of benzene rings is 2. The van der Waals surface area contributed by atoms with Gasteiger partial charge < -0.3 is 5.11 Å². The van der Waals surface area contributed by atoms with Gasteiger partial charge in [0, 0.05) is 11.1 Å². The Bertz CT molecular complexity index is 888. The highest BCUT2D eigenvalue weighted by atomic mass is 16.4. The number of fused-ring (bicyclic) bond motifs is 1. The lowest BCUT2D eigenvalue weighted by atomic mass is 9.73. The lowest BCUT2D eigenvalue weighted by Crippen LogP contribution is -2.21. The van der Waals surface area contributed by atoms with Crippen LogP contribution in [-0.2, 0) is 5.41 Å². The second kappa shape index (κ2) is 6.02. The van der Waals surface area contributed by atoms with Gasteiger partial charge in [0.05, 0.1) is 5.56 Å². The van der Waals surface area contributed by atoms with E-state index in [1.165, 1.54) is 16.7 Å². The monoisotopic (exact) mass is 316 g/mol. The SMILES string of the molecule is CC1=CCC(C)(C)c2cc(C#Cc3ccc(C(=O)O)cc3)ccc21. The Kier molecular flexibility index (Phi) is 4.03. The molecule has 0 bridgehead atoms. The van der Waals surface area contributed by atoms with E-state index in [-0.39, 0.29) is 11.0 Å². The number of allylic oxidation sites excluding steroid dienone is 2. The third kappa shape index (κ3) is 3.12. The maximum Gasteiger partial charge on any atom is 0.335 e. The first-order chi connectivity index (χ1) is 11.4. The molecule has 2 aromatic rings. The van der Waals surface area contributed by atoms with Gasteiger partial charge in [-0.15, -0.1) is 0 Å². The molecule has 0 atom stereocenters. The molecule has 0 aromatic heterocycles. The first-order valence-electron chi connectivity index (χ1n) is 8.04. The fraction of sp³-hybridized carbons (Fsp3) is 0.227. The Hall–Kier alpha value is -2.79. The summed E-state index contributed by atoms with van der Waals surface area (Å²) in [6, 6.07) is 13.0. The van der Waals surface area contributed by atoms with Crippen LogP contribution >= 0.6 is 0 Å². The van der Waals surface area contributed by atoms with Gasteiger partial charge in [-0.3, -0.25) is 0 Å². The molecule has 0 spiro atoms. The van der Waals surface area contributed by atoms with Crippen molar-refractivity contribution in [3.8, 4) is 11.8 Å². The van der Waals surface area contributed by atoms with Gasteiger partial charge in [-0.1, -0.05) is 37.8 Å². The Morgan fingerprint density at radius 3 is 2.33 bits per heavy atom. The average molecular weight is 316 g/mol. The van der Waals surface area contributed by atoms with Crippen molar-refractivity contribution in [1.82, 2.24) is 0 Å². The van der Waals surface area contributed by atoms with Gasteiger partial charge in [0.2, 0.25) is 0 Å². The van der Waals surface area contributed by atoms with E-state index in [1.807, 2.05) is 0 Å². The molecule has 3 rings (SSSR count). The Balaban J connectivity index is 1.93. The third-order valence-electron chi connectivity index (χ3n) is 4.58. The predicted molar refractivity (Wildman–Crippen MR) is 97.1 cm³/mol. The summed E-state index contributed by atoms with van der Waals surface area (Å²) >= 11 is 0. The second-order valence-corrected chi connectivity index (χ2v) is 6.87. The molecule has 0 radical (unpaired) electrons. The molecule has 24 heavy (non-hydrogen) atoms. The van der Waals surface area contributed by atoms with Crippen LogP contribution in [0.3, 0.4) is 0 Å². The number of carbonyl (C=O) groups is 1. The largest absolute Gasteiger partial charge is 0.478 e. The van der Waals surface area contributed by atoms with Crippen LogP contribution in [-0.4, -0.2) is 11.1 Å². The maximum atomic E-state index is 10.9. The summed E-state index contributed by atoms with van der Waals surface area (Å²) in [6.07, 6.45) is 3.34. The highest BCUT2D eigenvalue weighted by Crippen LogP contribution is 2.38. The van der Waals surface area contributed by atoms with Crippen molar-refractivity contribution < 1.29 is 9.90 Å². The summed E-state index contributed by atoms with van der Waals surface area (Å²) in [6.45, 7) is 6.68. The Morgan fingerprint density at radius 2 is 1.67 bits per heavy atom. The third-order valence-corrected chi connectivity index (χ3v) is 4.58. The molecule has 120 valence electrons. The number of carboxylic acid groups (broad SMARTS) is 1. The second-order valence-electron chi connectivity index (χ2n) is 6.87. The van der Waals surface area contributed by atoms with Crippen LogP contribution in [0, 0.1) is 11.8 Å². The van der Waals surface area contributed by atoms with Crippen molar-refractivity contribution in [2.45, 2.75) is 32.6 Å². The summed E-state index contributed by atoms with van der Waals surface area (Å²) in [5.41, 5.74) is 6.17. The fourth-order valence-electron chi connectivity index (χ4n) is 2.99. The minimum Gasteiger partial charge on any atom is -0.478 e. The van der Waals surface area contributed by atoms with Gasteiger partial charge in [-0.25, -0.2) is 4.79 Å². The van der Waals surface area contributed by atoms with E-state index < -0.39 is 5.97 Å². The molecule has 0 saturated heterocycles. The van der Waals surface area contributed by atoms with Crippen molar-refractivity contribution in [3.63, 3.8) is 0 Å². The van der Waals surface area contributed by atoms with E-state index in [0.29, 0.717) is 0 Å². The van der Waals surface area contributed by atoms with Gasteiger partial charge >= 0.3 is 5.97 Å². The molecule has 2 heteroatoms. The number of hydrogen-bond acceptors (Lipinski definition) is 1. The number of aromatic carboxylic acids is 1. The minimum absolute atomic E-state index is 0.121. The van der Waals surface area contributed by atoms with Crippen LogP contribution in [0.1, 0.15) is 59.8 Å². The molecular formula is C22H20O2. The van der Waals surface area contributed by atoms with E-state index in [2.05, 4.69) is 56.9 Å². The van der Waals surface area contributed by atoms with Crippen LogP contribution in [0.4, 0.5) is 0 Å². The summed E-state index contributed by atoms with van der Waals surface area (Å²) in [4.78, 5) is 10.9. The number of hydrogen-bond donors (Lipinski definition) is 1. The van der Waals surface area contributed by atoms with E-state index >= 15 is 0 Å². The molecule has 0 aliphatic heterocycles. The molecule has 1 aliphatic rings. The summed E-state index contributed by atoms with van der Waals surface area (Å²) in [7, 11) is 0. The highest BCUT2D eigenvalue weighted by molar-refractivity contribution is 5.87. The van der Waals surface area contributed by atoms with E-state index in [9.17, 15) is 4.79 Å². The van der Waals surface area contributed by atoms with Gasteiger partial charge in [-0.2, -0.15) is 0 Å². The van der Waals surface area contributed by atoms with Crippen LogP contribution in [0.2, 0.25) is 0 Å². The lowest BCUT2D eigenvalue weighted by molar-refractivity contribution is 0.0697. The first kappa shape index (κ1) is 16.1. The smallest absolute Gasteiger partial charge is 0.335 e. The standard InChI is InChI=1S/C22H20O2/c1-15-12-13-22(2,3)20-14-17(8-11-19(15)20)5-4-16-6-9-18(10-7-16)21(23)24/h6-12,14H,13H2,1-3H3,(H,23,24). The zero-order valence-electron chi connectivity index (χ0n) is 14.2. The Labute approximate surface area is 142 Å². The average Bonchev–Trinajstić information content (AvgIpc) is 2.57. The number of rotatable bonds is 1. The van der Waals surface area contributed by atoms with Crippen LogP contribution in [0.15, 0.2) is 48.5 Å². The fourth-order valence-corrected chi connectivity index (χ4v) is 2.99. The van der Waals surface area contributed by atoms with Crippen molar-refractivity contribution in [1.29, 1.82) is 0 Å². The maximum absolute atomic E-state index is 10.9. The van der Waals surface area contributed by atoms with Crippen molar-refractivity contribution in [3.05, 3.63) is 76.4 Å². The molecule has 2 aromatic carbocycles. The van der Waals surface area contributed by atoms with E-state index in [4.69, 9.17) is 5.11 Å². The molecule has 0 fully saturated rings. The lowest BCUT2D eigenvalue weighted by Gasteiger charge is -2.31. The van der Waals surface area contributed by atoms with Gasteiger partial charge in [0.1, 0.15) is 0 Å². The van der Waals surface area contributed by atoms with Crippen LogP contribution in [0.25, 0.3) is 5.57 Å². The Morgan fingerprint density at radius 1 is 1.04 bits per heavy atom. The molecule has 1 N–H and O–H groups in total. The quantitative estimate of drug-likeness (QED) is 0.762. The molecule has 0 amide bonds. The van der Waals surface area contributed by atoms with Gasteiger partial charge in [-0.05, 0) is 71.9 Å². The van der Waals surface area contributed by atoms with Crippen LogP contribution < -0.4 is 0 Å². The van der Waals surface area contributed by atoms with E-state index in [0.717, 1.165) is 17.5 Å². The van der Waals surface area contributed by atoms with Crippen molar-refractivity contribution in [2.24, 2.45) is 0 Å². The topological polar surface area (TPSA) is 37.3 Å². The van der Waals surface area contributed by atoms with Gasteiger partial charge in [0.15, 0.2) is 0 Å². The number of carboxylic acids is 1. The molecule has 2 nitrogen and oxygen atoms in total. The van der Waals surface area contributed by atoms with Crippen molar-refractivity contribution in [2.75, 3.05) is 0 Å². The molecule has 0 heterocycles. The first-order valence-corrected chi connectivity index (χ1v) is 8.04. The van der Waals surface area contributed by atoms with E-state index in [1.54, 1.807) is 24.3 Å². The molecule has 1 aliphatic carbocycles. The summed E-state index contributed by atoms with van der Waals surface area (Å²) in [5.74, 6) is 5.39. The normalized spacial score (nSPS) is 14.9. The molecule has 0 saturated carbocycles. The molecular weight excluding hydrogens is 296 g/mol. The van der Waals surface area contributed by atoms with Crippen molar-refractivity contribution >= 4 is 11.5 Å². The zero-order valence-corrected chi connectivity index (χ0v) is 14.2. The zero-order chi connectivity index (χ0) is 17.3. The summed E-state index contributed by atoms with van der Waals surface area (Å²) in [5, 5.41) is 8.93.